The first-order valence-electron chi connectivity index (χ1n) is 9.47. The van der Waals surface area contributed by atoms with Gasteiger partial charge in [-0.2, -0.15) is 5.26 Å². The number of hydrogen-bond acceptors (Lipinski definition) is 3. The monoisotopic (exact) mass is 369 g/mol. The largest absolute Gasteiger partial charge is 0.361 e. The molecule has 28 heavy (non-hydrogen) atoms. The Kier molecular flexibility index (Phi) is 3.87. The molecule has 1 fully saturated rings. The number of hydrogen-bond donors (Lipinski definition) is 2. The molecule has 4 heterocycles. The topological polar surface area (TPSA) is 88.6 Å². The number of aromatic amines is 2. The summed E-state index contributed by atoms with van der Waals surface area (Å²) in [5, 5.41) is 11.7. The van der Waals surface area contributed by atoms with Crippen LogP contribution >= 0.6 is 0 Å². The summed E-state index contributed by atoms with van der Waals surface area (Å²) in [6.45, 7) is 1.37. The fourth-order valence-corrected chi connectivity index (χ4v) is 4.29. The molecule has 138 valence electrons. The van der Waals surface area contributed by atoms with Crippen molar-refractivity contribution in [1.29, 1.82) is 5.26 Å². The fourth-order valence-electron chi connectivity index (χ4n) is 4.29. The van der Waals surface area contributed by atoms with Crippen LogP contribution in [0.4, 0.5) is 0 Å². The molecule has 1 saturated heterocycles. The first-order chi connectivity index (χ1) is 13.7. The molecule has 1 aliphatic heterocycles. The summed E-state index contributed by atoms with van der Waals surface area (Å²) in [4.78, 5) is 25.5. The summed E-state index contributed by atoms with van der Waals surface area (Å²) in [5.74, 6) is 0.322. The smallest absolute Gasteiger partial charge is 0.253 e. The summed E-state index contributed by atoms with van der Waals surface area (Å²) in [6.07, 6.45) is 7.08. The molecule has 1 amide bonds. The maximum atomic E-state index is 12.9. The van der Waals surface area contributed by atoms with Crippen LogP contribution in [0.1, 0.15) is 40.2 Å². The van der Waals surface area contributed by atoms with E-state index in [0.717, 1.165) is 40.3 Å². The first-order valence-corrected chi connectivity index (χ1v) is 9.47. The Morgan fingerprint density at radius 2 is 1.96 bits per heavy atom. The van der Waals surface area contributed by atoms with Crippen LogP contribution in [0.2, 0.25) is 0 Å². The summed E-state index contributed by atoms with van der Waals surface area (Å²) < 4.78 is 0. The standard InChI is InChI=1S/C22H19N5O/c23-12-17-13-26-21-18(4-8-25-21)20(17)15-5-9-27(10-6-15)22(28)16-2-1-14-3-7-24-19(14)11-16/h1-4,7-8,11,13,15,24H,5-6,9-10H2,(H,25,26). The molecule has 6 heteroatoms. The molecule has 2 N–H and O–H groups in total. The Bertz CT molecular complexity index is 1220. The van der Waals surface area contributed by atoms with E-state index in [2.05, 4.69) is 21.0 Å². The number of piperidine rings is 1. The number of aromatic nitrogens is 3. The molecule has 6 nitrogen and oxygen atoms in total. The predicted molar refractivity (Wildman–Crippen MR) is 107 cm³/mol. The quantitative estimate of drug-likeness (QED) is 0.561. The average molecular weight is 369 g/mol. The number of fused-ring (bicyclic) bond motifs is 2. The van der Waals surface area contributed by atoms with Crippen molar-refractivity contribution in [2.45, 2.75) is 18.8 Å². The second-order valence-corrected chi connectivity index (χ2v) is 7.28. The molecule has 0 saturated carbocycles. The van der Waals surface area contributed by atoms with Crippen molar-refractivity contribution in [3.8, 4) is 6.07 Å². The van der Waals surface area contributed by atoms with Crippen LogP contribution in [0.25, 0.3) is 21.9 Å². The van der Waals surface area contributed by atoms with Crippen LogP contribution in [-0.4, -0.2) is 38.8 Å². The van der Waals surface area contributed by atoms with Crippen LogP contribution in [0.5, 0.6) is 0 Å². The second-order valence-electron chi connectivity index (χ2n) is 7.28. The van der Waals surface area contributed by atoms with E-state index >= 15 is 0 Å². The SMILES string of the molecule is N#Cc1cnc2[nH]ccc2c1C1CCN(C(=O)c2ccc3cc[nH]c3c2)CC1. The van der Waals surface area contributed by atoms with Crippen molar-refractivity contribution >= 4 is 27.8 Å². The number of carbonyl (C=O) groups excluding carboxylic acids is 1. The van der Waals surface area contributed by atoms with E-state index in [0.29, 0.717) is 24.2 Å². The number of H-pyrrole nitrogens is 2. The van der Waals surface area contributed by atoms with Gasteiger partial charge in [-0.05, 0) is 54.0 Å². The zero-order valence-electron chi connectivity index (χ0n) is 15.3. The highest BCUT2D eigenvalue weighted by molar-refractivity contribution is 5.98. The van der Waals surface area contributed by atoms with Gasteiger partial charge in [-0.3, -0.25) is 4.79 Å². The van der Waals surface area contributed by atoms with Gasteiger partial charge in [-0.1, -0.05) is 6.07 Å². The lowest BCUT2D eigenvalue weighted by molar-refractivity contribution is 0.0713. The van der Waals surface area contributed by atoms with Gasteiger partial charge in [0.15, 0.2) is 0 Å². The van der Waals surface area contributed by atoms with Gasteiger partial charge >= 0.3 is 0 Å². The Morgan fingerprint density at radius 3 is 2.79 bits per heavy atom. The van der Waals surface area contributed by atoms with Crippen LogP contribution in [0.3, 0.4) is 0 Å². The molecule has 1 aliphatic rings. The van der Waals surface area contributed by atoms with E-state index in [4.69, 9.17) is 0 Å². The Hall–Kier alpha value is -3.59. The summed E-state index contributed by atoms with van der Waals surface area (Å²) in [6, 6.07) is 12.1. The highest BCUT2D eigenvalue weighted by Crippen LogP contribution is 2.35. The van der Waals surface area contributed by atoms with E-state index in [-0.39, 0.29) is 11.8 Å². The van der Waals surface area contributed by atoms with Crippen molar-refractivity contribution in [2.75, 3.05) is 13.1 Å². The molecule has 0 unspecified atom stereocenters. The third-order valence-corrected chi connectivity index (χ3v) is 5.74. The van der Waals surface area contributed by atoms with E-state index in [1.165, 1.54) is 0 Å². The van der Waals surface area contributed by atoms with Crippen molar-refractivity contribution in [3.63, 3.8) is 0 Å². The van der Waals surface area contributed by atoms with E-state index in [1.54, 1.807) is 6.20 Å². The molecular formula is C22H19N5O. The third kappa shape index (κ3) is 2.64. The summed E-state index contributed by atoms with van der Waals surface area (Å²) >= 11 is 0. The van der Waals surface area contributed by atoms with Crippen molar-refractivity contribution < 1.29 is 4.79 Å². The minimum absolute atomic E-state index is 0.0666. The zero-order chi connectivity index (χ0) is 19.1. The Balaban J connectivity index is 1.37. The Morgan fingerprint density at radius 1 is 1.14 bits per heavy atom. The number of nitrogens with zero attached hydrogens (tertiary/aromatic N) is 3. The van der Waals surface area contributed by atoms with Gasteiger partial charge in [0.25, 0.3) is 5.91 Å². The first kappa shape index (κ1) is 16.6. The molecule has 0 bridgehead atoms. The van der Waals surface area contributed by atoms with Gasteiger partial charge in [-0.15, -0.1) is 0 Å². The number of rotatable bonds is 2. The number of benzene rings is 1. The van der Waals surface area contributed by atoms with Crippen molar-refractivity contribution in [1.82, 2.24) is 19.9 Å². The number of pyridine rings is 1. The number of nitrogens with one attached hydrogen (secondary N) is 2. The third-order valence-electron chi connectivity index (χ3n) is 5.74. The molecule has 1 aromatic carbocycles. The van der Waals surface area contributed by atoms with E-state index in [1.807, 2.05) is 47.6 Å². The lowest BCUT2D eigenvalue weighted by atomic mass is 9.85. The highest BCUT2D eigenvalue weighted by atomic mass is 16.2. The second kappa shape index (κ2) is 6.54. The maximum Gasteiger partial charge on any atom is 0.253 e. The fraction of sp³-hybridized carbons (Fsp3) is 0.227. The lowest BCUT2D eigenvalue weighted by Gasteiger charge is -2.33. The molecule has 0 spiro atoms. The summed E-state index contributed by atoms with van der Waals surface area (Å²) in [5.41, 5.74) is 4.20. The molecule has 5 rings (SSSR count). The zero-order valence-corrected chi connectivity index (χ0v) is 15.3. The minimum Gasteiger partial charge on any atom is -0.361 e. The van der Waals surface area contributed by atoms with Crippen molar-refractivity contribution in [2.24, 2.45) is 0 Å². The Labute approximate surface area is 161 Å². The maximum absolute atomic E-state index is 12.9. The van der Waals surface area contributed by atoms with Crippen LogP contribution in [0, 0.1) is 11.3 Å². The van der Waals surface area contributed by atoms with Gasteiger partial charge in [0, 0.05) is 48.1 Å². The summed E-state index contributed by atoms with van der Waals surface area (Å²) in [7, 11) is 0. The van der Waals surface area contributed by atoms with Gasteiger partial charge in [-0.25, -0.2) is 4.98 Å². The molecule has 0 radical (unpaired) electrons. The number of nitriles is 1. The van der Waals surface area contributed by atoms with Gasteiger partial charge < -0.3 is 14.9 Å². The predicted octanol–water partition coefficient (Wildman–Crippen LogP) is 3.94. The molecule has 4 aromatic rings. The van der Waals surface area contributed by atoms with Crippen LogP contribution in [-0.2, 0) is 0 Å². The number of likely N-dealkylation sites (tertiary alicyclic amines) is 1. The van der Waals surface area contributed by atoms with Crippen LogP contribution < -0.4 is 0 Å². The van der Waals surface area contributed by atoms with E-state index in [9.17, 15) is 10.1 Å². The number of amides is 1. The van der Waals surface area contributed by atoms with Gasteiger partial charge in [0.2, 0.25) is 0 Å². The van der Waals surface area contributed by atoms with E-state index < -0.39 is 0 Å². The number of carbonyl (C=O) groups is 1. The molecule has 0 atom stereocenters. The highest BCUT2D eigenvalue weighted by Gasteiger charge is 2.27. The normalized spacial score (nSPS) is 15.2. The average Bonchev–Trinajstić information content (AvgIpc) is 3.41. The molecular weight excluding hydrogens is 350 g/mol. The van der Waals surface area contributed by atoms with Crippen molar-refractivity contribution in [3.05, 3.63) is 65.6 Å². The van der Waals surface area contributed by atoms with Gasteiger partial charge in [0.1, 0.15) is 11.7 Å². The van der Waals surface area contributed by atoms with Gasteiger partial charge in [0.05, 0.1) is 5.56 Å². The van der Waals surface area contributed by atoms with Crippen LogP contribution in [0.15, 0.2) is 48.9 Å². The molecule has 3 aromatic heterocycles. The minimum atomic E-state index is 0.0666. The lowest BCUT2D eigenvalue weighted by Crippen LogP contribution is -2.38. The molecule has 0 aliphatic carbocycles.